The first-order chi connectivity index (χ1) is 13.9. The Hall–Kier alpha value is -3.04. The van der Waals surface area contributed by atoms with Crippen molar-refractivity contribution in [3.05, 3.63) is 58.5 Å². The predicted octanol–water partition coefficient (Wildman–Crippen LogP) is 2.88. The van der Waals surface area contributed by atoms with Gasteiger partial charge in [0, 0.05) is 0 Å². The Morgan fingerprint density at radius 2 is 1.83 bits per heavy atom. The number of phenolic OH excluding ortho intramolecular Hbond substituents is 1. The third-order valence-corrected chi connectivity index (χ3v) is 5.34. The van der Waals surface area contributed by atoms with Gasteiger partial charge < -0.3 is 14.6 Å². The molecule has 1 saturated heterocycles. The van der Waals surface area contributed by atoms with Crippen LogP contribution in [-0.2, 0) is 16.0 Å². The van der Waals surface area contributed by atoms with Crippen molar-refractivity contribution in [2.75, 3.05) is 14.2 Å². The first kappa shape index (κ1) is 20.7. The molecule has 1 aliphatic rings. The van der Waals surface area contributed by atoms with Gasteiger partial charge in [0.15, 0.2) is 15.8 Å². The summed E-state index contributed by atoms with van der Waals surface area (Å²) < 4.78 is 10.5. The van der Waals surface area contributed by atoms with E-state index < -0.39 is 5.91 Å². The average Bonchev–Trinajstić information content (AvgIpc) is 2.97. The molecule has 150 valence electrons. The van der Waals surface area contributed by atoms with Crippen molar-refractivity contribution in [1.82, 2.24) is 10.4 Å². The van der Waals surface area contributed by atoms with Gasteiger partial charge in [0.25, 0.3) is 5.91 Å². The minimum Gasteiger partial charge on any atom is -0.502 e. The molecule has 9 heteroatoms. The summed E-state index contributed by atoms with van der Waals surface area (Å²) in [4.78, 5) is 25.3. The van der Waals surface area contributed by atoms with Crippen molar-refractivity contribution in [1.29, 1.82) is 0 Å². The number of amides is 2. The number of thiocarbonyl (C=S) groups is 1. The van der Waals surface area contributed by atoms with Crippen LogP contribution in [0, 0.1) is 0 Å². The summed E-state index contributed by atoms with van der Waals surface area (Å²) in [5, 5.41) is 11.1. The van der Waals surface area contributed by atoms with Gasteiger partial charge in [-0.2, -0.15) is 5.01 Å². The van der Waals surface area contributed by atoms with Gasteiger partial charge in [-0.3, -0.25) is 15.0 Å². The first-order valence-electron chi connectivity index (χ1n) is 8.49. The number of hydrogen-bond donors (Lipinski definition) is 2. The maximum absolute atomic E-state index is 12.7. The highest BCUT2D eigenvalue weighted by molar-refractivity contribution is 8.26. The van der Waals surface area contributed by atoms with Crippen LogP contribution in [0.2, 0.25) is 0 Å². The van der Waals surface area contributed by atoms with E-state index in [0.717, 1.165) is 22.3 Å². The van der Waals surface area contributed by atoms with E-state index in [9.17, 15) is 14.7 Å². The monoisotopic (exact) mass is 430 g/mol. The van der Waals surface area contributed by atoms with Crippen LogP contribution < -0.4 is 14.9 Å². The highest BCUT2D eigenvalue weighted by Gasteiger charge is 2.33. The number of carbonyl (C=O) groups excluding carboxylic acids is 2. The summed E-state index contributed by atoms with van der Waals surface area (Å²) in [7, 11) is 2.83. The molecule has 0 radical (unpaired) electrons. The summed E-state index contributed by atoms with van der Waals surface area (Å²) in [6, 6.07) is 12.3. The Morgan fingerprint density at radius 3 is 2.41 bits per heavy atom. The minimum absolute atomic E-state index is 0.128. The molecular weight excluding hydrogens is 412 g/mol. The number of hydrazine groups is 1. The number of phenols is 1. The molecule has 0 bridgehead atoms. The van der Waals surface area contributed by atoms with Crippen molar-refractivity contribution in [3.8, 4) is 17.2 Å². The van der Waals surface area contributed by atoms with E-state index in [1.807, 2.05) is 30.3 Å². The number of aromatic hydroxyl groups is 1. The SMILES string of the molecule is COc1cc(/C=C2\SC(=S)N(NC(=O)Cc3ccccc3)C2=O)cc(OC)c1O. The first-order valence-corrected chi connectivity index (χ1v) is 9.71. The molecule has 0 spiro atoms. The van der Waals surface area contributed by atoms with Crippen LogP contribution >= 0.6 is 24.0 Å². The molecule has 0 aliphatic carbocycles. The predicted molar refractivity (Wildman–Crippen MR) is 115 cm³/mol. The topological polar surface area (TPSA) is 88.1 Å². The normalized spacial score (nSPS) is 15.0. The third-order valence-electron chi connectivity index (χ3n) is 4.04. The number of methoxy groups -OCH3 is 2. The maximum atomic E-state index is 12.7. The molecule has 1 aliphatic heterocycles. The molecule has 2 aromatic rings. The Balaban J connectivity index is 1.77. The Morgan fingerprint density at radius 1 is 1.21 bits per heavy atom. The van der Waals surface area contributed by atoms with Crippen LogP contribution in [0.3, 0.4) is 0 Å². The van der Waals surface area contributed by atoms with Crippen molar-refractivity contribution in [3.63, 3.8) is 0 Å². The van der Waals surface area contributed by atoms with Crippen LogP contribution in [0.4, 0.5) is 0 Å². The van der Waals surface area contributed by atoms with E-state index in [0.29, 0.717) is 10.5 Å². The van der Waals surface area contributed by atoms with Crippen LogP contribution in [0.25, 0.3) is 6.08 Å². The summed E-state index contributed by atoms with van der Waals surface area (Å²) in [5.41, 5.74) is 3.95. The van der Waals surface area contributed by atoms with E-state index in [-0.39, 0.29) is 33.9 Å². The largest absolute Gasteiger partial charge is 0.502 e. The van der Waals surface area contributed by atoms with Gasteiger partial charge in [-0.1, -0.05) is 42.1 Å². The van der Waals surface area contributed by atoms with Crippen molar-refractivity contribution < 1.29 is 24.2 Å². The summed E-state index contributed by atoms with van der Waals surface area (Å²) in [5.74, 6) is -0.494. The molecule has 1 heterocycles. The smallest absolute Gasteiger partial charge is 0.285 e. The second kappa shape index (κ2) is 8.97. The zero-order chi connectivity index (χ0) is 21.0. The van der Waals surface area contributed by atoms with E-state index in [1.54, 1.807) is 18.2 Å². The van der Waals surface area contributed by atoms with Crippen LogP contribution in [0.5, 0.6) is 17.2 Å². The number of carbonyl (C=O) groups is 2. The Kier molecular flexibility index (Phi) is 6.40. The van der Waals surface area contributed by atoms with Gasteiger partial charge in [0.05, 0.1) is 25.5 Å². The molecular formula is C20H18N2O5S2. The molecule has 29 heavy (non-hydrogen) atoms. The highest BCUT2D eigenvalue weighted by atomic mass is 32.2. The molecule has 2 aromatic carbocycles. The lowest BCUT2D eigenvalue weighted by molar-refractivity contribution is -0.132. The average molecular weight is 431 g/mol. The van der Waals surface area contributed by atoms with E-state index in [1.165, 1.54) is 14.2 Å². The van der Waals surface area contributed by atoms with E-state index >= 15 is 0 Å². The highest BCUT2D eigenvalue weighted by Crippen LogP contribution is 2.39. The zero-order valence-electron chi connectivity index (χ0n) is 15.7. The van der Waals surface area contributed by atoms with Crippen molar-refractivity contribution >= 4 is 46.2 Å². The second-order valence-electron chi connectivity index (χ2n) is 5.99. The fraction of sp³-hybridized carbons (Fsp3) is 0.150. The van der Waals surface area contributed by atoms with Gasteiger partial charge >= 0.3 is 0 Å². The van der Waals surface area contributed by atoms with E-state index in [2.05, 4.69) is 5.43 Å². The van der Waals surface area contributed by atoms with Gasteiger partial charge in [0.2, 0.25) is 11.7 Å². The number of nitrogens with one attached hydrogen (secondary N) is 1. The number of hydrogen-bond acceptors (Lipinski definition) is 7. The van der Waals surface area contributed by atoms with Gasteiger partial charge in [-0.05, 0) is 41.6 Å². The standard InChI is InChI=1S/C20H18N2O5S2/c1-26-14-8-13(9-15(27-2)18(14)24)10-16-19(25)22(20(28)29-16)21-17(23)11-12-6-4-3-5-7-12/h3-10,24H,11H2,1-2H3,(H,21,23)/b16-10-. The van der Waals surface area contributed by atoms with Gasteiger partial charge in [-0.25, -0.2) is 0 Å². The Bertz CT molecular complexity index is 967. The molecule has 0 saturated carbocycles. The lowest BCUT2D eigenvalue weighted by Crippen LogP contribution is -2.45. The number of thioether (sulfide) groups is 1. The van der Waals surface area contributed by atoms with E-state index in [4.69, 9.17) is 21.7 Å². The molecule has 0 aromatic heterocycles. The van der Waals surface area contributed by atoms with Crippen LogP contribution in [0.15, 0.2) is 47.4 Å². The molecule has 2 amide bonds. The lowest BCUT2D eigenvalue weighted by Gasteiger charge is -2.15. The molecule has 0 atom stereocenters. The van der Waals surface area contributed by atoms with Crippen LogP contribution in [-0.4, -0.2) is 40.5 Å². The van der Waals surface area contributed by atoms with Gasteiger partial charge in [-0.15, -0.1) is 0 Å². The molecule has 2 N–H and O–H groups in total. The molecule has 0 unspecified atom stereocenters. The molecule has 7 nitrogen and oxygen atoms in total. The van der Waals surface area contributed by atoms with Crippen molar-refractivity contribution in [2.45, 2.75) is 6.42 Å². The summed E-state index contributed by atoms with van der Waals surface area (Å²) >= 11 is 6.30. The minimum atomic E-state index is -0.438. The number of nitrogens with zero attached hydrogens (tertiary/aromatic N) is 1. The fourth-order valence-electron chi connectivity index (χ4n) is 2.66. The second-order valence-corrected chi connectivity index (χ2v) is 7.66. The molecule has 1 fully saturated rings. The third kappa shape index (κ3) is 4.69. The Labute approximate surface area is 177 Å². The van der Waals surface area contributed by atoms with Crippen molar-refractivity contribution in [2.24, 2.45) is 0 Å². The lowest BCUT2D eigenvalue weighted by atomic mass is 10.1. The van der Waals surface area contributed by atoms with Gasteiger partial charge in [0.1, 0.15) is 0 Å². The zero-order valence-corrected chi connectivity index (χ0v) is 17.3. The summed E-state index contributed by atoms with van der Waals surface area (Å²) in [6.45, 7) is 0. The number of rotatable bonds is 6. The number of ether oxygens (including phenoxy) is 2. The number of benzene rings is 2. The maximum Gasteiger partial charge on any atom is 0.285 e. The fourth-order valence-corrected chi connectivity index (χ4v) is 3.84. The quantitative estimate of drug-likeness (QED) is 0.538. The molecule has 3 rings (SSSR count). The van der Waals surface area contributed by atoms with Crippen LogP contribution in [0.1, 0.15) is 11.1 Å². The summed E-state index contributed by atoms with van der Waals surface area (Å²) in [6.07, 6.45) is 1.72.